The molecule has 0 atom stereocenters. The van der Waals surface area contributed by atoms with Crippen molar-refractivity contribution in [1.29, 1.82) is 0 Å². The maximum Gasteiger partial charge on any atom is 0.227 e. The van der Waals surface area contributed by atoms with E-state index in [1.165, 1.54) is 0 Å². The fourth-order valence-corrected chi connectivity index (χ4v) is 3.03. The van der Waals surface area contributed by atoms with Gasteiger partial charge in [0.1, 0.15) is 0 Å². The van der Waals surface area contributed by atoms with Crippen molar-refractivity contribution in [1.82, 2.24) is 10.2 Å². The Kier molecular flexibility index (Phi) is 4.28. The molecule has 4 nitrogen and oxygen atoms in total. The summed E-state index contributed by atoms with van der Waals surface area (Å²) in [5, 5.41) is 3.23. The quantitative estimate of drug-likeness (QED) is 0.789. The summed E-state index contributed by atoms with van der Waals surface area (Å²) in [5.74, 6) is 0.208. The molecule has 3 N–H and O–H groups in total. The number of likely N-dealkylation sites (tertiary alicyclic amines) is 1. The number of hydrogen-bond acceptors (Lipinski definition) is 3. The number of carbonyl (C=O) groups excluding carboxylic acids is 1. The number of nitrogens with one attached hydrogen (secondary N) is 1. The van der Waals surface area contributed by atoms with Crippen LogP contribution in [0, 0.1) is 5.41 Å². The van der Waals surface area contributed by atoms with E-state index in [2.05, 4.69) is 24.1 Å². The molecule has 2 aliphatic rings. The Labute approximate surface area is 110 Å². The van der Waals surface area contributed by atoms with Gasteiger partial charge in [0.25, 0.3) is 0 Å². The molecule has 0 aromatic carbocycles. The highest BCUT2D eigenvalue weighted by Crippen LogP contribution is 2.40. The molecule has 1 aliphatic carbocycles. The molecule has 0 unspecified atom stereocenters. The van der Waals surface area contributed by atoms with Gasteiger partial charge in [-0.3, -0.25) is 4.79 Å². The minimum Gasteiger partial charge on any atom is -0.353 e. The van der Waals surface area contributed by atoms with Gasteiger partial charge in [0.15, 0.2) is 0 Å². The van der Waals surface area contributed by atoms with Crippen LogP contribution < -0.4 is 11.1 Å². The number of rotatable bonds is 4. The molecular formula is C14H27N3O. The first-order valence-electron chi connectivity index (χ1n) is 7.32. The molecule has 0 radical (unpaired) electrons. The first-order valence-corrected chi connectivity index (χ1v) is 7.32. The Hall–Kier alpha value is -0.610. The lowest BCUT2D eigenvalue weighted by Crippen LogP contribution is -2.55. The number of amides is 1. The standard InChI is InChI=1S/C14H27N3O/c1-11(2)17-8-4-12(5-9-17)16-13(18)14(10-15)6-3-7-14/h11-12H,3-10,15H2,1-2H3,(H,16,18). The zero-order chi connectivity index (χ0) is 13.2. The summed E-state index contributed by atoms with van der Waals surface area (Å²) >= 11 is 0. The first-order chi connectivity index (χ1) is 8.57. The zero-order valence-corrected chi connectivity index (χ0v) is 11.7. The second kappa shape index (κ2) is 5.57. The van der Waals surface area contributed by atoms with Crippen molar-refractivity contribution in [2.24, 2.45) is 11.1 Å². The second-order valence-electron chi connectivity index (χ2n) is 6.22. The topological polar surface area (TPSA) is 58.4 Å². The number of nitrogens with two attached hydrogens (primary N) is 1. The molecular weight excluding hydrogens is 226 g/mol. The van der Waals surface area contributed by atoms with E-state index in [0.29, 0.717) is 18.6 Å². The van der Waals surface area contributed by atoms with E-state index in [1.54, 1.807) is 0 Å². The van der Waals surface area contributed by atoms with Gasteiger partial charge >= 0.3 is 0 Å². The first kappa shape index (κ1) is 13.8. The van der Waals surface area contributed by atoms with Crippen molar-refractivity contribution < 1.29 is 4.79 Å². The third kappa shape index (κ3) is 2.69. The Morgan fingerprint density at radius 3 is 2.39 bits per heavy atom. The van der Waals surface area contributed by atoms with Crippen LogP contribution in [0.4, 0.5) is 0 Å². The van der Waals surface area contributed by atoms with Crippen LogP contribution in [0.1, 0.15) is 46.0 Å². The summed E-state index contributed by atoms with van der Waals surface area (Å²) in [6, 6.07) is 0.972. The van der Waals surface area contributed by atoms with Crippen LogP contribution in [0.2, 0.25) is 0 Å². The van der Waals surface area contributed by atoms with E-state index in [-0.39, 0.29) is 11.3 Å². The minimum absolute atomic E-state index is 0.208. The van der Waals surface area contributed by atoms with Crippen molar-refractivity contribution in [3.05, 3.63) is 0 Å². The number of piperidine rings is 1. The second-order valence-corrected chi connectivity index (χ2v) is 6.22. The van der Waals surface area contributed by atoms with Crippen molar-refractivity contribution in [2.75, 3.05) is 19.6 Å². The largest absolute Gasteiger partial charge is 0.353 e. The van der Waals surface area contributed by atoms with Crippen LogP contribution in [0.15, 0.2) is 0 Å². The molecule has 104 valence electrons. The van der Waals surface area contributed by atoms with Crippen LogP contribution >= 0.6 is 0 Å². The van der Waals surface area contributed by atoms with Gasteiger partial charge in [-0.25, -0.2) is 0 Å². The lowest BCUT2D eigenvalue weighted by Gasteiger charge is -2.41. The highest BCUT2D eigenvalue weighted by atomic mass is 16.2. The van der Waals surface area contributed by atoms with E-state index >= 15 is 0 Å². The van der Waals surface area contributed by atoms with Crippen molar-refractivity contribution >= 4 is 5.91 Å². The summed E-state index contributed by atoms with van der Waals surface area (Å²) in [6.07, 6.45) is 5.24. The van der Waals surface area contributed by atoms with E-state index < -0.39 is 0 Å². The minimum atomic E-state index is -0.227. The van der Waals surface area contributed by atoms with Gasteiger partial charge in [-0.15, -0.1) is 0 Å². The number of hydrogen-bond donors (Lipinski definition) is 2. The molecule has 2 fully saturated rings. The normalized spacial score (nSPS) is 24.9. The fourth-order valence-electron chi connectivity index (χ4n) is 3.03. The van der Waals surface area contributed by atoms with Gasteiger partial charge in [0.2, 0.25) is 5.91 Å². The van der Waals surface area contributed by atoms with Crippen LogP contribution in [-0.4, -0.2) is 42.5 Å². The maximum absolute atomic E-state index is 12.3. The SMILES string of the molecule is CC(C)N1CCC(NC(=O)C2(CN)CCC2)CC1. The summed E-state index contributed by atoms with van der Waals surface area (Å²) < 4.78 is 0. The van der Waals surface area contributed by atoms with Crippen LogP contribution in [0.5, 0.6) is 0 Å². The molecule has 4 heteroatoms. The Morgan fingerprint density at radius 2 is 2.00 bits per heavy atom. The van der Waals surface area contributed by atoms with Gasteiger partial charge < -0.3 is 16.0 Å². The van der Waals surface area contributed by atoms with Gasteiger partial charge in [-0.2, -0.15) is 0 Å². The van der Waals surface area contributed by atoms with Gasteiger partial charge in [-0.05, 0) is 39.5 Å². The molecule has 0 spiro atoms. The zero-order valence-electron chi connectivity index (χ0n) is 11.7. The average molecular weight is 253 g/mol. The summed E-state index contributed by atoms with van der Waals surface area (Å²) in [4.78, 5) is 14.7. The third-order valence-electron chi connectivity index (χ3n) is 4.78. The summed E-state index contributed by atoms with van der Waals surface area (Å²) in [7, 11) is 0. The molecule has 1 saturated carbocycles. The molecule has 18 heavy (non-hydrogen) atoms. The molecule has 0 aromatic rings. The molecule has 1 amide bonds. The van der Waals surface area contributed by atoms with Crippen LogP contribution in [0.25, 0.3) is 0 Å². The van der Waals surface area contributed by atoms with Crippen molar-refractivity contribution in [3.63, 3.8) is 0 Å². The van der Waals surface area contributed by atoms with E-state index in [0.717, 1.165) is 45.2 Å². The molecule has 1 aliphatic heterocycles. The van der Waals surface area contributed by atoms with Crippen LogP contribution in [0.3, 0.4) is 0 Å². The average Bonchev–Trinajstić information content (AvgIpc) is 2.29. The van der Waals surface area contributed by atoms with E-state index in [1.807, 2.05) is 0 Å². The van der Waals surface area contributed by atoms with Gasteiger partial charge in [0, 0.05) is 31.7 Å². The Bertz CT molecular complexity index is 286. The highest BCUT2D eigenvalue weighted by Gasteiger charge is 2.43. The highest BCUT2D eigenvalue weighted by molar-refractivity contribution is 5.84. The Morgan fingerprint density at radius 1 is 1.39 bits per heavy atom. The molecule has 1 heterocycles. The lowest BCUT2D eigenvalue weighted by molar-refractivity contribution is -0.136. The van der Waals surface area contributed by atoms with Crippen molar-refractivity contribution in [2.45, 2.75) is 58.0 Å². The maximum atomic E-state index is 12.3. The smallest absolute Gasteiger partial charge is 0.227 e. The fraction of sp³-hybridized carbons (Fsp3) is 0.929. The Balaban J connectivity index is 1.79. The van der Waals surface area contributed by atoms with E-state index in [4.69, 9.17) is 5.73 Å². The van der Waals surface area contributed by atoms with Crippen LogP contribution in [-0.2, 0) is 4.79 Å². The molecule has 1 saturated heterocycles. The number of carbonyl (C=O) groups is 1. The molecule has 0 bridgehead atoms. The van der Waals surface area contributed by atoms with Crippen molar-refractivity contribution in [3.8, 4) is 0 Å². The predicted molar refractivity (Wildman–Crippen MR) is 73.2 cm³/mol. The van der Waals surface area contributed by atoms with Gasteiger partial charge in [0.05, 0.1) is 5.41 Å². The summed E-state index contributed by atoms with van der Waals surface area (Å²) in [5.41, 5.74) is 5.54. The monoisotopic (exact) mass is 253 g/mol. The number of nitrogens with zero attached hydrogens (tertiary/aromatic N) is 1. The van der Waals surface area contributed by atoms with Gasteiger partial charge in [-0.1, -0.05) is 6.42 Å². The third-order valence-corrected chi connectivity index (χ3v) is 4.78. The molecule has 0 aromatic heterocycles. The molecule has 2 rings (SSSR count). The lowest BCUT2D eigenvalue weighted by atomic mass is 9.68. The summed E-state index contributed by atoms with van der Waals surface area (Å²) in [6.45, 7) is 7.16. The van der Waals surface area contributed by atoms with E-state index in [9.17, 15) is 4.79 Å². The predicted octanol–water partition coefficient (Wildman–Crippen LogP) is 1.10.